The second-order valence-corrected chi connectivity index (χ2v) is 3.83. The molecule has 5 nitrogen and oxygen atoms in total. The van der Waals surface area contributed by atoms with E-state index in [1.54, 1.807) is 7.11 Å². The van der Waals surface area contributed by atoms with Crippen molar-refractivity contribution in [3.05, 3.63) is 29.6 Å². The minimum absolute atomic E-state index is 0.152. The second-order valence-electron chi connectivity index (χ2n) is 3.83. The lowest BCUT2D eigenvalue weighted by Gasteiger charge is -2.07. The van der Waals surface area contributed by atoms with Crippen LogP contribution in [0.3, 0.4) is 0 Å². The van der Waals surface area contributed by atoms with Gasteiger partial charge in [-0.3, -0.25) is 0 Å². The van der Waals surface area contributed by atoms with Crippen molar-refractivity contribution >= 4 is 11.7 Å². The number of benzene rings is 1. The Labute approximate surface area is 111 Å². The van der Waals surface area contributed by atoms with E-state index in [9.17, 15) is 9.18 Å². The van der Waals surface area contributed by atoms with Gasteiger partial charge in [0.1, 0.15) is 5.82 Å². The molecular weight excluding hydrogens is 253 g/mol. The van der Waals surface area contributed by atoms with Gasteiger partial charge in [-0.05, 0) is 18.2 Å². The first-order valence-corrected chi connectivity index (χ1v) is 5.94. The Hall–Kier alpha value is -1.66. The Morgan fingerprint density at radius 1 is 1.26 bits per heavy atom. The van der Waals surface area contributed by atoms with Gasteiger partial charge in [0.2, 0.25) is 0 Å². The largest absolute Gasteiger partial charge is 0.462 e. The van der Waals surface area contributed by atoms with Crippen molar-refractivity contribution in [2.75, 3.05) is 39.3 Å². The molecular formula is C13H18FNO4. The van der Waals surface area contributed by atoms with Crippen LogP contribution in [0.5, 0.6) is 0 Å². The van der Waals surface area contributed by atoms with E-state index in [1.165, 1.54) is 12.1 Å². The predicted molar refractivity (Wildman–Crippen MR) is 68.4 cm³/mol. The van der Waals surface area contributed by atoms with E-state index in [0.29, 0.717) is 31.9 Å². The van der Waals surface area contributed by atoms with Crippen LogP contribution in [0.2, 0.25) is 0 Å². The molecule has 0 radical (unpaired) electrons. The molecule has 1 aromatic rings. The highest BCUT2D eigenvalue weighted by molar-refractivity contribution is 5.90. The maximum atomic E-state index is 13.3. The average molecular weight is 271 g/mol. The number of carbonyl (C=O) groups excluding carboxylic acids is 1. The number of methoxy groups -OCH3 is 1. The number of ether oxygens (including phenoxy) is 3. The van der Waals surface area contributed by atoms with Gasteiger partial charge in [0.05, 0.1) is 25.4 Å². The van der Waals surface area contributed by atoms with Gasteiger partial charge in [0.25, 0.3) is 0 Å². The molecule has 0 aliphatic rings. The van der Waals surface area contributed by atoms with Crippen molar-refractivity contribution in [3.8, 4) is 0 Å². The van der Waals surface area contributed by atoms with Gasteiger partial charge in [0.15, 0.2) is 0 Å². The molecule has 0 amide bonds. The molecule has 0 unspecified atom stereocenters. The Bertz CT molecular complexity index is 412. The lowest BCUT2D eigenvalue weighted by Crippen LogP contribution is -2.11. The van der Waals surface area contributed by atoms with E-state index in [4.69, 9.17) is 19.9 Å². The number of hydrogen-bond acceptors (Lipinski definition) is 5. The minimum Gasteiger partial charge on any atom is -0.462 e. The molecule has 0 aromatic heterocycles. The second kappa shape index (κ2) is 8.44. The summed E-state index contributed by atoms with van der Waals surface area (Å²) in [6.07, 6.45) is 0.541. The highest BCUT2D eigenvalue weighted by Gasteiger charge is 2.13. The molecule has 0 spiro atoms. The van der Waals surface area contributed by atoms with Gasteiger partial charge in [-0.1, -0.05) is 0 Å². The number of nitrogens with two attached hydrogens (primary N) is 1. The Morgan fingerprint density at radius 2 is 2.05 bits per heavy atom. The average Bonchev–Trinajstić information content (AvgIpc) is 2.40. The van der Waals surface area contributed by atoms with Crippen molar-refractivity contribution in [3.63, 3.8) is 0 Å². The predicted octanol–water partition coefficient (Wildman–Crippen LogP) is 1.62. The van der Waals surface area contributed by atoms with Crippen molar-refractivity contribution < 1.29 is 23.4 Å². The molecule has 1 rings (SSSR count). The number of anilines is 1. The van der Waals surface area contributed by atoms with E-state index < -0.39 is 11.8 Å². The molecule has 2 N–H and O–H groups in total. The van der Waals surface area contributed by atoms with E-state index in [1.807, 2.05) is 0 Å². The van der Waals surface area contributed by atoms with Crippen LogP contribution in [0.1, 0.15) is 16.8 Å². The highest BCUT2D eigenvalue weighted by atomic mass is 19.1. The molecule has 0 bridgehead atoms. The standard InChI is InChI=1S/C13H18FNO4/c1-17-7-8-18-5-2-6-19-13(16)11-9-10(15)3-4-12(11)14/h3-4,9H,2,5-8,15H2,1H3. The van der Waals surface area contributed by atoms with E-state index in [2.05, 4.69) is 0 Å². The summed E-state index contributed by atoms with van der Waals surface area (Å²) in [5.41, 5.74) is 5.65. The van der Waals surface area contributed by atoms with Crippen LogP contribution in [0, 0.1) is 5.82 Å². The summed E-state index contributed by atoms with van der Waals surface area (Å²) in [6, 6.07) is 3.78. The third-order valence-corrected chi connectivity index (χ3v) is 2.31. The highest BCUT2D eigenvalue weighted by Crippen LogP contribution is 2.13. The van der Waals surface area contributed by atoms with Crippen LogP contribution in [0.4, 0.5) is 10.1 Å². The third kappa shape index (κ3) is 5.67. The van der Waals surface area contributed by atoms with E-state index >= 15 is 0 Å². The first-order chi connectivity index (χ1) is 9.15. The maximum Gasteiger partial charge on any atom is 0.341 e. The lowest BCUT2D eigenvalue weighted by atomic mass is 10.2. The zero-order valence-electron chi connectivity index (χ0n) is 10.9. The minimum atomic E-state index is -0.721. The zero-order valence-corrected chi connectivity index (χ0v) is 10.9. The summed E-state index contributed by atoms with van der Waals surface area (Å²) in [4.78, 5) is 11.6. The van der Waals surface area contributed by atoms with Crippen LogP contribution < -0.4 is 5.73 Å². The van der Waals surface area contributed by atoms with E-state index in [0.717, 1.165) is 6.07 Å². The van der Waals surface area contributed by atoms with Crippen molar-refractivity contribution in [2.24, 2.45) is 0 Å². The first-order valence-electron chi connectivity index (χ1n) is 5.94. The fraction of sp³-hybridized carbons (Fsp3) is 0.462. The summed E-state index contributed by atoms with van der Waals surface area (Å²) in [6.45, 7) is 1.64. The molecule has 0 aliphatic heterocycles. The number of rotatable bonds is 8. The first kappa shape index (κ1) is 15.4. The molecule has 106 valence electrons. The Kier molecular flexibility index (Phi) is 6.84. The van der Waals surface area contributed by atoms with Crippen LogP contribution in [0.15, 0.2) is 18.2 Å². The van der Waals surface area contributed by atoms with Crippen LogP contribution in [-0.2, 0) is 14.2 Å². The third-order valence-electron chi connectivity index (χ3n) is 2.31. The SMILES string of the molecule is COCCOCCCOC(=O)c1cc(N)ccc1F. The maximum absolute atomic E-state index is 13.3. The molecule has 0 heterocycles. The zero-order chi connectivity index (χ0) is 14.1. The monoisotopic (exact) mass is 271 g/mol. The molecule has 19 heavy (non-hydrogen) atoms. The van der Waals surface area contributed by atoms with Gasteiger partial charge in [-0.15, -0.1) is 0 Å². The number of halogens is 1. The number of nitrogen functional groups attached to an aromatic ring is 1. The summed E-state index contributed by atoms with van der Waals surface area (Å²) in [7, 11) is 1.59. The van der Waals surface area contributed by atoms with Crippen LogP contribution in [-0.4, -0.2) is 39.5 Å². The van der Waals surface area contributed by atoms with Gasteiger partial charge in [-0.2, -0.15) is 0 Å². The molecule has 0 saturated carbocycles. The molecule has 0 aliphatic carbocycles. The van der Waals surface area contributed by atoms with Gasteiger partial charge >= 0.3 is 5.97 Å². The number of hydrogen-bond donors (Lipinski definition) is 1. The van der Waals surface area contributed by atoms with Crippen molar-refractivity contribution in [1.82, 2.24) is 0 Å². The molecule has 0 saturated heterocycles. The number of esters is 1. The molecule has 0 atom stereocenters. The lowest BCUT2D eigenvalue weighted by molar-refractivity contribution is 0.0382. The number of carbonyl (C=O) groups is 1. The summed E-state index contributed by atoms with van der Waals surface area (Å²) < 4.78 is 28.3. The molecule has 0 fully saturated rings. The summed E-state index contributed by atoms with van der Waals surface area (Å²) >= 11 is 0. The normalized spacial score (nSPS) is 10.4. The van der Waals surface area contributed by atoms with Crippen molar-refractivity contribution in [1.29, 1.82) is 0 Å². The Balaban J connectivity index is 2.26. The topological polar surface area (TPSA) is 70.8 Å². The summed E-state index contributed by atoms with van der Waals surface area (Å²) in [5.74, 6) is -1.36. The smallest absolute Gasteiger partial charge is 0.341 e. The fourth-order valence-corrected chi connectivity index (χ4v) is 1.35. The van der Waals surface area contributed by atoms with Gasteiger partial charge in [0, 0.05) is 25.8 Å². The van der Waals surface area contributed by atoms with Gasteiger partial charge < -0.3 is 19.9 Å². The molecule has 6 heteroatoms. The van der Waals surface area contributed by atoms with E-state index in [-0.39, 0.29) is 12.2 Å². The Morgan fingerprint density at radius 3 is 2.79 bits per heavy atom. The van der Waals surface area contributed by atoms with Crippen LogP contribution in [0.25, 0.3) is 0 Å². The quantitative estimate of drug-likeness (QED) is 0.442. The van der Waals surface area contributed by atoms with Crippen LogP contribution >= 0.6 is 0 Å². The summed E-state index contributed by atoms with van der Waals surface area (Å²) in [5, 5.41) is 0. The van der Waals surface area contributed by atoms with Crippen molar-refractivity contribution in [2.45, 2.75) is 6.42 Å². The fourth-order valence-electron chi connectivity index (χ4n) is 1.35. The molecule has 1 aromatic carbocycles. The van der Waals surface area contributed by atoms with Gasteiger partial charge in [-0.25, -0.2) is 9.18 Å².